The van der Waals surface area contributed by atoms with Crippen LogP contribution in [0.4, 0.5) is 5.69 Å². The Hall–Kier alpha value is -5.37. The third kappa shape index (κ3) is 5.03. The number of nitro groups is 1. The van der Waals surface area contributed by atoms with E-state index in [1.807, 2.05) is 71.3 Å². The van der Waals surface area contributed by atoms with Crippen molar-refractivity contribution in [2.24, 2.45) is 5.10 Å². The van der Waals surface area contributed by atoms with E-state index >= 15 is 0 Å². The van der Waals surface area contributed by atoms with Crippen LogP contribution in [-0.2, 0) is 0 Å². The van der Waals surface area contributed by atoms with Crippen LogP contribution >= 0.6 is 0 Å². The van der Waals surface area contributed by atoms with Crippen molar-refractivity contribution in [3.63, 3.8) is 0 Å². The molecule has 0 atom stereocenters. The van der Waals surface area contributed by atoms with E-state index in [0.717, 1.165) is 33.8 Å². The van der Waals surface area contributed by atoms with Crippen molar-refractivity contribution in [3.05, 3.63) is 137 Å². The number of carbonyl (C=O) groups excluding carboxylic acids is 1. The van der Waals surface area contributed by atoms with E-state index in [-0.39, 0.29) is 11.6 Å². The summed E-state index contributed by atoms with van der Waals surface area (Å²) < 4.78 is 2.04. The lowest BCUT2D eigenvalue weighted by atomic mass is 10.1. The predicted molar refractivity (Wildman–Crippen MR) is 143 cm³/mol. The predicted octanol–water partition coefficient (Wildman–Crippen LogP) is 5.88. The number of aromatic nitrogens is 2. The van der Waals surface area contributed by atoms with Crippen LogP contribution in [0.5, 0.6) is 0 Å². The van der Waals surface area contributed by atoms with Gasteiger partial charge < -0.3 is 4.57 Å². The number of hydrogen-bond donors (Lipinski definition) is 1. The molecule has 5 rings (SSSR count). The van der Waals surface area contributed by atoms with Crippen molar-refractivity contribution in [3.8, 4) is 28.2 Å². The summed E-state index contributed by atoms with van der Waals surface area (Å²) in [6, 6.07) is 31.4. The highest BCUT2D eigenvalue weighted by atomic mass is 16.6. The number of carbonyl (C=O) groups is 1. The lowest BCUT2D eigenvalue weighted by Crippen LogP contribution is -2.17. The number of nitrogens with one attached hydrogen (secondary N) is 1. The lowest BCUT2D eigenvalue weighted by molar-refractivity contribution is -0.384. The molecule has 8 heteroatoms. The van der Waals surface area contributed by atoms with E-state index in [2.05, 4.69) is 15.5 Å². The molecule has 0 saturated heterocycles. The molecule has 0 aliphatic rings. The largest absolute Gasteiger partial charge is 0.309 e. The molecule has 0 radical (unpaired) electrons. The van der Waals surface area contributed by atoms with E-state index in [9.17, 15) is 14.9 Å². The Bertz CT molecular complexity index is 1560. The number of amides is 1. The van der Waals surface area contributed by atoms with Gasteiger partial charge in [0.1, 0.15) is 0 Å². The van der Waals surface area contributed by atoms with Gasteiger partial charge in [0.25, 0.3) is 11.6 Å². The van der Waals surface area contributed by atoms with Gasteiger partial charge in [0.15, 0.2) is 0 Å². The van der Waals surface area contributed by atoms with Gasteiger partial charge in [-0.05, 0) is 41.5 Å². The van der Waals surface area contributed by atoms with E-state index < -0.39 is 4.92 Å². The molecule has 0 aliphatic carbocycles. The molecule has 0 aliphatic heterocycles. The molecule has 5 aromatic rings. The van der Waals surface area contributed by atoms with Crippen LogP contribution in [0.1, 0.15) is 15.9 Å². The molecule has 0 bridgehead atoms. The number of rotatable bonds is 7. The molecule has 180 valence electrons. The van der Waals surface area contributed by atoms with Gasteiger partial charge in [-0.15, -0.1) is 0 Å². The van der Waals surface area contributed by atoms with Crippen LogP contribution in [0.15, 0.2) is 121 Å². The van der Waals surface area contributed by atoms with Gasteiger partial charge in [-0.2, -0.15) is 5.10 Å². The summed E-state index contributed by atoms with van der Waals surface area (Å²) in [7, 11) is 0. The molecule has 3 aromatic carbocycles. The molecule has 0 fully saturated rings. The number of non-ortho nitro benzene ring substituents is 1. The molecule has 8 nitrogen and oxygen atoms in total. The quantitative estimate of drug-likeness (QED) is 0.176. The molecule has 2 heterocycles. The van der Waals surface area contributed by atoms with Crippen LogP contribution in [0.25, 0.3) is 28.2 Å². The standard InChI is InChI=1S/C29H21N5O3/c35-29(23-12-7-17-30-19-23)32-31-20-24-18-27(21-8-3-1-4-9-21)33(28(24)22-10-5-2-6-11-22)25-13-15-26(16-14-25)34(36)37/h1-20H,(H,32,35)/b31-20+. The number of pyridine rings is 1. The Kier molecular flexibility index (Phi) is 6.63. The van der Waals surface area contributed by atoms with Crippen molar-refractivity contribution in [2.75, 3.05) is 0 Å². The summed E-state index contributed by atoms with van der Waals surface area (Å²) >= 11 is 0. The highest BCUT2D eigenvalue weighted by molar-refractivity contribution is 5.96. The molecule has 0 unspecified atom stereocenters. The molecule has 37 heavy (non-hydrogen) atoms. The molecular formula is C29H21N5O3. The van der Waals surface area contributed by atoms with E-state index in [1.54, 1.807) is 36.7 Å². The summed E-state index contributed by atoms with van der Waals surface area (Å²) in [6.07, 6.45) is 4.67. The van der Waals surface area contributed by atoms with Gasteiger partial charge in [0.05, 0.1) is 28.1 Å². The average molecular weight is 488 g/mol. The SMILES string of the molecule is O=C(N/N=C/c1cc(-c2ccccc2)n(-c2ccc([N+](=O)[O-])cc2)c1-c1ccccc1)c1cccnc1. The number of benzene rings is 3. The summed E-state index contributed by atoms with van der Waals surface area (Å²) in [4.78, 5) is 27.3. The second-order valence-corrected chi connectivity index (χ2v) is 8.12. The van der Waals surface area contributed by atoms with Crippen LogP contribution < -0.4 is 5.43 Å². The zero-order valence-corrected chi connectivity index (χ0v) is 19.6. The monoisotopic (exact) mass is 487 g/mol. The van der Waals surface area contributed by atoms with Crippen LogP contribution in [0.2, 0.25) is 0 Å². The van der Waals surface area contributed by atoms with Crippen LogP contribution in [0.3, 0.4) is 0 Å². The Labute approximate surface area is 212 Å². The third-order valence-corrected chi connectivity index (χ3v) is 5.76. The van der Waals surface area contributed by atoms with E-state index in [1.165, 1.54) is 18.3 Å². The van der Waals surface area contributed by atoms with Gasteiger partial charge in [0.2, 0.25) is 0 Å². The molecule has 1 N–H and O–H groups in total. The fourth-order valence-corrected chi connectivity index (χ4v) is 4.05. The van der Waals surface area contributed by atoms with Gasteiger partial charge >= 0.3 is 0 Å². The maximum Gasteiger partial charge on any atom is 0.272 e. The summed E-state index contributed by atoms with van der Waals surface area (Å²) in [5.41, 5.74) is 8.05. The van der Waals surface area contributed by atoms with Crippen molar-refractivity contribution in [1.82, 2.24) is 15.0 Å². The van der Waals surface area contributed by atoms with Crippen molar-refractivity contribution < 1.29 is 9.72 Å². The normalized spacial score (nSPS) is 10.9. The van der Waals surface area contributed by atoms with Crippen molar-refractivity contribution >= 4 is 17.8 Å². The topological polar surface area (TPSA) is 102 Å². The molecule has 0 spiro atoms. The summed E-state index contributed by atoms with van der Waals surface area (Å²) in [5.74, 6) is -0.372. The number of nitrogens with zero attached hydrogens (tertiary/aromatic N) is 4. The van der Waals surface area contributed by atoms with Crippen molar-refractivity contribution in [1.29, 1.82) is 0 Å². The Morgan fingerprint density at radius 1 is 0.892 bits per heavy atom. The number of nitro benzene ring substituents is 1. The number of hydrazone groups is 1. The van der Waals surface area contributed by atoms with E-state index in [4.69, 9.17) is 0 Å². The Morgan fingerprint density at radius 2 is 1.57 bits per heavy atom. The highest BCUT2D eigenvalue weighted by Gasteiger charge is 2.19. The smallest absolute Gasteiger partial charge is 0.272 e. The maximum atomic E-state index is 12.5. The summed E-state index contributed by atoms with van der Waals surface area (Å²) in [5, 5.41) is 15.5. The average Bonchev–Trinajstić information content (AvgIpc) is 3.34. The first-order valence-corrected chi connectivity index (χ1v) is 11.5. The van der Waals surface area contributed by atoms with Crippen LogP contribution in [0, 0.1) is 10.1 Å². The first-order chi connectivity index (χ1) is 18.1. The Morgan fingerprint density at radius 3 is 2.19 bits per heavy atom. The molecule has 0 saturated carbocycles. The molecule has 2 aromatic heterocycles. The van der Waals surface area contributed by atoms with Crippen LogP contribution in [-0.4, -0.2) is 26.6 Å². The second kappa shape index (κ2) is 10.5. The minimum Gasteiger partial charge on any atom is -0.309 e. The van der Waals surface area contributed by atoms with Gasteiger partial charge in [-0.1, -0.05) is 60.7 Å². The fraction of sp³-hybridized carbons (Fsp3) is 0. The first kappa shape index (κ1) is 23.4. The molecule has 1 amide bonds. The van der Waals surface area contributed by atoms with Gasteiger partial charge in [-0.25, -0.2) is 5.43 Å². The minimum atomic E-state index is -0.418. The maximum absolute atomic E-state index is 12.5. The fourth-order valence-electron chi connectivity index (χ4n) is 4.05. The van der Waals surface area contributed by atoms with E-state index in [0.29, 0.717) is 5.56 Å². The second-order valence-electron chi connectivity index (χ2n) is 8.12. The zero-order valence-electron chi connectivity index (χ0n) is 19.6. The molecular weight excluding hydrogens is 466 g/mol. The zero-order chi connectivity index (χ0) is 25.6. The summed E-state index contributed by atoms with van der Waals surface area (Å²) in [6.45, 7) is 0. The Balaban J connectivity index is 1.65. The minimum absolute atomic E-state index is 0.0123. The van der Waals surface area contributed by atoms with Gasteiger partial charge in [0, 0.05) is 35.8 Å². The lowest BCUT2D eigenvalue weighted by Gasteiger charge is -2.15. The third-order valence-electron chi connectivity index (χ3n) is 5.76. The first-order valence-electron chi connectivity index (χ1n) is 11.5. The van der Waals surface area contributed by atoms with Crippen molar-refractivity contribution in [2.45, 2.75) is 0 Å². The highest BCUT2D eigenvalue weighted by Crippen LogP contribution is 2.35. The number of hydrogen-bond acceptors (Lipinski definition) is 5. The van der Waals surface area contributed by atoms with Gasteiger partial charge in [-0.3, -0.25) is 19.9 Å².